The topological polar surface area (TPSA) is 59.1 Å². The van der Waals surface area contributed by atoms with Crippen molar-refractivity contribution in [1.82, 2.24) is 9.80 Å². The Morgan fingerprint density at radius 1 is 1.23 bits per heavy atom. The first-order chi connectivity index (χ1) is 12.1. The monoisotopic (exact) mass is 426 g/mol. The summed E-state index contributed by atoms with van der Waals surface area (Å²) in [5, 5.41) is 0. The van der Waals surface area contributed by atoms with Gasteiger partial charge < -0.3 is 19.3 Å². The third-order valence-corrected chi connectivity index (χ3v) is 5.05. The van der Waals surface area contributed by atoms with Crippen LogP contribution in [0.25, 0.3) is 0 Å². The highest BCUT2D eigenvalue weighted by Crippen LogP contribution is 2.29. The molecule has 144 valence electrons. The van der Waals surface area contributed by atoms with Crippen molar-refractivity contribution in [2.45, 2.75) is 45.3 Å². The number of piperidine rings is 1. The predicted octanol–water partition coefficient (Wildman–Crippen LogP) is 3.93. The number of carbonyl (C=O) groups excluding carboxylic acids is 2. The first kappa shape index (κ1) is 20.6. The van der Waals surface area contributed by atoms with Crippen molar-refractivity contribution in [3.05, 3.63) is 28.2 Å². The van der Waals surface area contributed by atoms with Gasteiger partial charge >= 0.3 is 6.09 Å². The van der Waals surface area contributed by atoms with Crippen LogP contribution in [-0.4, -0.2) is 60.7 Å². The second kappa shape index (κ2) is 8.29. The van der Waals surface area contributed by atoms with Crippen molar-refractivity contribution in [2.75, 3.05) is 27.2 Å². The standard InChI is InChI=1S/C19H27BrN2O4/c1-19(2,3)26-18(24)21(4)13-9-11-22(12-10-13)17(23)16-14(20)7-6-8-15(16)25-5/h6-8,13H,9-12H2,1-5H3. The van der Waals surface area contributed by atoms with E-state index >= 15 is 0 Å². The molecule has 1 saturated heterocycles. The molecule has 0 radical (unpaired) electrons. The van der Waals surface area contributed by atoms with Crippen molar-refractivity contribution in [1.29, 1.82) is 0 Å². The second-order valence-electron chi connectivity index (χ2n) is 7.43. The molecule has 1 fully saturated rings. The number of hydrogen-bond acceptors (Lipinski definition) is 4. The van der Waals surface area contributed by atoms with E-state index in [9.17, 15) is 9.59 Å². The molecule has 1 aliphatic rings. The second-order valence-corrected chi connectivity index (χ2v) is 8.29. The van der Waals surface area contributed by atoms with E-state index < -0.39 is 5.60 Å². The highest BCUT2D eigenvalue weighted by Gasteiger charge is 2.31. The van der Waals surface area contributed by atoms with Crippen LogP contribution in [0.5, 0.6) is 5.75 Å². The Morgan fingerprint density at radius 2 is 1.85 bits per heavy atom. The number of carbonyl (C=O) groups is 2. The molecule has 0 saturated carbocycles. The molecule has 0 aliphatic carbocycles. The molecular formula is C19H27BrN2O4. The Bertz CT molecular complexity index is 664. The predicted molar refractivity (Wildman–Crippen MR) is 104 cm³/mol. The van der Waals surface area contributed by atoms with Gasteiger partial charge in [-0.2, -0.15) is 0 Å². The van der Waals surface area contributed by atoms with E-state index in [0.29, 0.717) is 37.2 Å². The Balaban J connectivity index is 2.00. The molecule has 6 nitrogen and oxygen atoms in total. The van der Waals surface area contributed by atoms with Gasteiger partial charge in [0.2, 0.25) is 0 Å². The van der Waals surface area contributed by atoms with Gasteiger partial charge in [-0.1, -0.05) is 6.07 Å². The zero-order chi connectivity index (χ0) is 19.5. The molecule has 0 bridgehead atoms. The number of nitrogens with zero attached hydrogens (tertiary/aromatic N) is 2. The minimum atomic E-state index is -0.516. The lowest BCUT2D eigenvalue weighted by atomic mass is 10.0. The molecule has 1 aromatic carbocycles. The molecule has 2 amide bonds. The quantitative estimate of drug-likeness (QED) is 0.734. The van der Waals surface area contributed by atoms with Crippen LogP contribution in [0.3, 0.4) is 0 Å². The number of likely N-dealkylation sites (tertiary alicyclic amines) is 1. The fourth-order valence-corrected chi connectivity index (χ4v) is 3.50. The van der Waals surface area contributed by atoms with Gasteiger partial charge in [-0.05, 0) is 61.7 Å². The average Bonchev–Trinajstić information content (AvgIpc) is 2.59. The van der Waals surface area contributed by atoms with Crippen LogP contribution in [0, 0.1) is 0 Å². The zero-order valence-corrected chi connectivity index (χ0v) is 17.6. The molecular weight excluding hydrogens is 400 g/mol. The van der Waals surface area contributed by atoms with Crippen LogP contribution >= 0.6 is 15.9 Å². The summed E-state index contributed by atoms with van der Waals surface area (Å²) in [5.41, 5.74) is 0.0203. The van der Waals surface area contributed by atoms with Crippen molar-refractivity contribution in [3.63, 3.8) is 0 Å². The largest absolute Gasteiger partial charge is 0.496 e. The molecule has 0 aromatic heterocycles. The van der Waals surface area contributed by atoms with Gasteiger partial charge in [-0.15, -0.1) is 0 Å². The summed E-state index contributed by atoms with van der Waals surface area (Å²) >= 11 is 3.44. The lowest BCUT2D eigenvalue weighted by Gasteiger charge is -2.37. The Labute approximate surface area is 163 Å². The number of amides is 2. The third-order valence-electron chi connectivity index (χ3n) is 4.39. The molecule has 0 unspecified atom stereocenters. The van der Waals surface area contributed by atoms with Crippen LogP contribution in [0.15, 0.2) is 22.7 Å². The third kappa shape index (κ3) is 4.90. The van der Waals surface area contributed by atoms with Crippen LogP contribution < -0.4 is 4.74 Å². The van der Waals surface area contributed by atoms with Gasteiger partial charge in [0.05, 0.1) is 12.7 Å². The van der Waals surface area contributed by atoms with Gasteiger partial charge in [-0.3, -0.25) is 4.79 Å². The number of halogens is 1. The summed E-state index contributed by atoms with van der Waals surface area (Å²) in [4.78, 5) is 28.6. The van der Waals surface area contributed by atoms with Crippen molar-refractivity contribution in [2.24, 2.45) is 0 Å². The van der Waals surface area contributed by atoms with E-state index in [1.54, 1.807) is 25.1 Å². The Morgan fingerprint density at radius 3 is 2.38 bits per heavy atom. The first-order valence-corrected chi connectivity index (χ1v) is 9.51. The summed E-state index contributed by atoms with van der Waals surface area (Å²) in [6.45, 7) is 6.73. The molecule has 1 heterocycles. The molecule has 0 atom stereocenters. The number of methoxy groups -OCH3 is 1. The normalized spacial score (nSPS) is 15.5. The highest BCUT2D eigenvalue weighted by molar-refractivity contribution is 9.10. The van der Waals surface area contributed by atoms with Gasteiger partial charge in [0.15, 0.2) is 0 Å². The smallest absolute Gasteiger partial charge is 0.410 e. The van der Waals surface area contributed by atoms with Gasteiger partial charge in [0, 0.05) is 30.7 Å². The molecule has 0 spiro atoms. The van der Waals surface area contributed by atoms with E-state index in [1.165, 1.54) is 0 Å². The van der Waals surface area contributed by atoms with Crippen molar-refractivity contribution in [3.8, 4) is 5.75 Å². The van der Waals surface area contributed by atoms with Crippen molar-refractivity contribution < 1.29 is 19.1 Å². The van der Waals surface area contributed by atoms with E-state index in [-0.39, 0.29) is 18.0 Å². The number of ether oxygens (including phenoxy) is 2. The maximum absolute atomic E-state index is 12.9. The average molecular weight is 427 g/mol. The lowest BCUT2D eigenvalue weighted by molar-refractivity contribution is 0.0155. The SMILES string of the molecule is COc1cccc(Br)c1C(=O)N1CCC(N(C)C(=O)OC(C)(C)C)CC1. The lowest BCUT2D eigenvalue weighted by Crippen LogP contribution is -2.48. The number of hydrogen-bond donors (Lipinski definition) is 0. The summed E-state index contributed by atoms with van der Waals surface area (Å²) in [6.07, 6.45) is 1.11. The number of benzene rings is 1. The first-order valence-electron chi connectivity index (χ1n) is 8.71. The fourth-order valence-electron chi connectivity index (χ4n) is 2.98. The fraction of sp³-hybridized carbons (Fsp3) is 0.579. The van der Waals surface area contributed by atoms with Crippen LogP contribution in [0.4, 0.5) is 4.79 Å². The molecule has 26 heavy (non-hydrogen) atoms. The Kier molecular flexibility index (Phi) is 6.55. The molecule has 1 aromatic rings. The van der Waals surface area contributed by atoms with Crippen LogP contribution in [0.1, 0.15) is 44.0 Å². The van der Waals surface area contributed by atoms with Crippen LogP contribution in [-0.2, 0) is 4.74 Å². The van der Waals surface area contributed by atoms with Gasteiger partial charge in [0.1, 0.15) is 11.4 Å². The van der Waals surface area contributed by atoms with E-state index in [1.807, 2.05) is 37.8 Å². The summed E-state index contributed by atoms with van der Waals surface area (Å²) in [5.74, 6) is 0.491. The Hall–Kier alpha value is -1.76. The molecule has 0 N–H and O–H groups in total. The zero-order valence-electron chi connectivity index (χ0n) is 16.0. The summed E-state index contributed by atoms with van der Waals surface area (Å²) in [7, 11) is 3.31. The summed E-state index contributed by atoms with van der Waals surface area (Å²) in [6, 6.07) is 5.51. The highest BCUT2D eigenvalue weighted by atomic mass is 79.9. The van der Waals surface area contributed by atoms with Gasteiger partial charge in [-0.25, -0.2) is 4.79 Å². The molecule has 2 rings (SSSR count). The van der Waals surface area contributed by atoms with Crippen LogP contribution in [0.2, 0.25) is 0 Å². The minimum absolute atomic E-state index is 0.0623. The minimum Gasteiger partial charge on any atom is -0.496 e. The van der Waals surface area contributed by atoms with E-state index in [0.717, 1.165) is 4.47 Å². The number of rotatable bonds is 3. The van der Waals surface area contributed by atoms with E-state index in [2.05, 4.69) is 15.9 Å². The van der Waals surface area contributed by atoms with Gasteiger partial charge in [0.25, 0.3) is 5.91 Å². The van der Waals surface area contributed by atoms with E-state index in [4.69, 9.17) is 9.47 Å². The summed E-state index contributed by atoms with van der Waals surface area (Å²) < 4.78 is 11.5. The maximum Gasteiger partial charge on any atom is 0.410 e. The molecule has 7 heteroatoms. The maximum atomic E-state index is 12.9. The van der Waals surface area contributed by atoms with Crippen molar-refractivity contribution >= 4 is 27.9 Å². The molecule has 1 aliphatic heterocycles.